The molecule has 4 heterocycles. The Balaban J connectivity index is 1.57. The number of nitrogens with zero attached hydrogens (tertiary/aromatic N) is 3. The molecule has 1 aromatic rings. The molecule has 3 saturated heterocycles. The average molecular weight is 293 g/mol. The Morgan fingerprint density at radius 2 is 1.95 bits per heavy atom. The van der Waals surface area contributed by atoms with Gasteiger partial charge in [0.2, 0.25) is 5.88 Å². The van der Waals surface area contributed by atoms with Crippen LogP contribution in [0.3, 0.4) is 0 Å². The Morgan fingerprint density at radius 1 is 1.20 bits per heavy atom. The zero-order chi connectivity index (χ0) is 13.7. The normalized spacial score (nSPS) is 38.6. The second-order valence-corrected chi connectivity index (χ2v) is 7.79. The van der Waals surface area contributed by atoms with E-state index in [0.29, 0.717) is 11.8 Å². The third kappa shape index (κ3) is 2.15. The van der Waals surface area contributed by atoms with Gasteiger partial charge < -0.3 is 9.64 Å². The van der Waals surface area contributed by atoms with Gasteiger partial charge >= 0.3 is 0 Å². The van der Waals surface area contributed by atoms with Gasteiger partial charge in [0.05, 0.1) is 18.3 Å². The topological polar surface area (TPSA) is 38.3 Å². The lowest BCUT2D eigenvalue weighted by molar-refractivity contribution is -0.0373. The molecule has 0 spiro atoms. The van der Waals surface area contributed by atoms with Gasteiger partial charge in [-0.15, -0.1) is 4.37 Å². The minimum atomic E-state index is 0.536. The fourth-order valence-electron chi connectivity index (χ4n) is 4.59. The van der Waals surface area contributed by atoms with E-state index < -0.39 is 0 Å². The fraction of sp³-hybridized carbons (Fsp3) is 0.867. The summed E-state index contributed by atoms with van der Waals surface area (Å²) in [5.74, 6) is 4.47. The summed E-state index contributed by atoms with van der Waals surface area (Å²) in [6.07, 6.45) is 2.78. The molecule has 4 bridgehead atoms. The average Bonchev–Trinajstić information content (AvgIpc) is 2.83. The molecular formula is C15H23N3OS. The third-order valence-corrected chi connectivity index (χ3v) is 5.67. The molecule has 4 nitrogen and oxygen atoms in total. The molecule has 4 fully saturated rings. The van der Waals surface area contributed by atoms with Crippen molar-refractivity contribution < 1.29 is 4.74 Å². The minimum absolute atomic E-state index is 0.536. The van der Waals surface area contributed by atoms with Crippen LogP contribution in [0.2, 0.25) is 0 Å². The number of piperidine rings is 3. The van der Waals surface area contributed by atoms with Crippen LogP contribution in [-0.2, 0) is 0 Å². The molecule has 2 unspecified atom stereocenters. The van der Waals surface area contributed by atoms with Crippen molar-refractivity contribution in [3.05, 3.63) is 5.69 Å². The van der Waals surface area contributed by atoms with E-state index in [-0.39, 0.29) is 0 Å². The largest absolute Gasteiger partial charge is 0.475 e. The molecule has 1 aliphatic carbocycles. The smallest absolute Gasteiger partial charge is 0.249 e. The van der Waals surface area contributed by atoms with E-state index in [1.165, 1.54) is 49.9 Å². The van der Waals surface area contributed by atoms with Crippen LogP contribution in [0, 0.1) is 23.7 Å². The van der Waals surface area contributed by atoms with Crippen molar-refractivity contribution in [1.82, 2.24) is 13.6 Å². The van der Waals surface area contributed by atoms with Crippen molar-refractivity contribution in [1.29, 1.82) is 0 Å². The molecule has 20 heavy (non-hydrogen) atoms. The predicted molar refractivity (Wildman–Crippen MR) is 79.1 cm³/mol. The number of hydrogen-bond donors (Lipinski definition) is 0. The Hall–Kier alpha value is -0.680. The van der Waals surface area contributed by atoms with Gasteiger partial charge in [0.25, 0.3) is 0 Å². The van der Waals surface area contributed by atoms with Crippen molar-refractivity contribution in [2.24, 2.45) is 23.7 Å². The van der Waals surface area contributed by atoms with Gasteiger partial charge in [-0.25, -0.2) is 0 Å². The molecule has 5 heteroatoms. The molecule has 0 amide bonds. The summed E-state index contributed by atoms with van der Waals surface area (Å²) in [5, 5.41) is 0. The summed E-state index contributed by atoms with van der Waals surface area (Å²) in [4.78, 5) is 2.66. The lowest BCUT2D eigenvalue weighted by atomic mass is 9.61. The second kappa shape index (κ2) is 4.95. The van der Waals surface area contributed by atoms with Crippen LogP contribution >= 0.6 is 11.7 Å². The van der Waals surface area contributed by atoms with Crippen molar-refractivity contribution in [2.45, 2.75) is 32.6 Å². The summed E-state index contributed by atoms with van der Waals surface area (Å²) in [7, 11) is 0. The van der Waals surface area contributed by atoms with Crippen LogP contribution in [0.4, 0.5) is 0 Å². The van der Waals surface area contributed by atoms with Gasteiger partial charge in [-0.2, -0.15) is 4.37 Å². The van der Waals surface area contributed by atoms with E-state index in [4.69, 9.17) is 4.74 Å². The standard InChI is InChI=1S/C15H23N3OS/c1-9(2)8-19-15-14(16-20-17-15)13-11-3-10-4-12(13)7-18(5-10)6-11/h9-13H,3-8H2,1-2H3. The van der Waals surface area contributed by atoms with Crippen LogP contribution in [-0.4, -0.2) is 39.9 Å². The highest BCUT2D eigenvalue weighted by molar-refractivity contribution is 6.99. The summed E-state index contributed by atoms with van der Waals surface area (Å²) in [5.41, 5.74) is 1.17. The molecular weight excluding hydrogens is 270 g/mol. The molecule has 1 aromatic heterocycles. The zero-order valence-corrected chi connectivity index (χ0v) is 13.1. The monoisotopic (exact) mass is 293 g/mol. The van der Waals surface area contributed by atoms with Gasteiger partial charge in [0.15, 0.2) is 0 Å². The Morgan fingerprint density at radius 3 is 2.60 bits per heavy atom. The lowest BCUT2D eigenvalue weighted by Gasteiger charge is -2.55. The summed E-state index contributed by atoms with van der Waals surface area (Å²) < 4.78 is 15.0. The van der Waals surface area contributed by atoms with Crippen LogP contribution in [0.15, 0.2) is 0 Å². The van der Waals surface area contributed by atoms with E-state index in [1.54, 1.807) is 0 Å². The molecule has 0 aromatic carbocycles. The highest BCUT2D eigenvalue weighted by Crippen LogP contribution is 2.52. The number of rotatable bonds is 4. The van der Waals surface area contributed by atoms with E-state index in [0.717, 1.165) is 30.2 Å². The van der Waals surface area contributed by atoms with Crippen molar-refractivity contribution >= 4 is 11.7 Å². The third-order valence-electron chi connectivity index (χ3n) is 5.14. The number of ether oxygens (including phenoxy) is 1. The van der Waals surface area contributed by atoms with Crippen LogP contribution in [0.5, 0.6) is 5.88 Å². The van der Waals surface area contributed by atoms with Crippen molar-refractivity contribution in [3.63, 3.8) is 0 Å². The molecule has 5 rings (SSSR count). The molecule has 1 saturated carbocycles. The lowest BCUT2D eigenvalue weighted by Crippen LogP contribution is -2.56. The summed E-state index contributed by atoms with van der Waals surface area (Å²) in [6, 6.07) is 0. The first-order chi connectivity index (χ1) is 9.70. The van der Waals surface area contributed by atoms with Gasteiger partial charge in [-0.1, -0.05) is 13.8 Å². The molecule has 0 N–H and O–H groups in total. The van der Waals surface area contributed by atoms with Crippen molar-refractivity contribution in [3.8, 4) is 5.88 Å². The molecule has 110 valence electrons. The summed E-state index contributed by atoms with van der Waals surface area (Å²) >= 11 is 1.32. The zero-order valence-electron chi connectivity index (χ0n) is 12.3. The molecule has 0 radical (unpaired) electrons. The molecule has 3 aliphatic heterocycles. The number of aromatic nitrogens is 2. The van der Waals surface area contributed by atoms with E-state index in [9.17, 15) is 0 Å². The highest BCUT2D eigenvalue weighted by Gasteiger charge is 2.49. The maximum absolute atomic E-state index is 5.92. The van der Waals surface area contributed by atoms with Gasteiger partial charge in [-0.3, -0.25) is 0 Å². The van der Waals surface area contributed by atoms with Crippen LogP contribution in [0.1, 0.15) is 38.3 Å². The van der Waals surface area contributed by atoms with Gasteiger partial charge in [0.1, 0.15) is 5.69 Å². The Bertz CT molecular complexity index is 459. The first-order valence-corrected chi connectivity index (χ1v) is 8.61. The quantitative estimate of drug-likeness (QED) is 0.855. The van der Waals surface area contributed by atoms with Crippen LogP contribution < -0.4 is 4.74 Å². The van der Waals surface area contributed by atoms with Crippen LogP contribution in [0.25, 0.3) is 0 Å². The Kier molecular flexibility index (Phi) is 3.22. The first-order valence-electron chi connectivity index (χ1n) is 7.88. The fourth-order valence-corrected chi connectivity index (χ4v) is 5.14. The second-order valence-electron chi connectivity index (χ2n) is 7.26. The highest BCUT2D eigenvalue weighted by atomic mass is 32.1. The van der Waals surface area contributed by atoms with Crippen molar-refractivity contribution in [2.75, 3.05) is 26.2 Å². The number of hydrogen-bond acceptors (Lipinski definition) is 5. The Labute approximate surface area is 124 Å². The molecule has 2 atom stereocenters. The van der Waals surface area contributed by atoms with E-state index in [1.807, 2.05) is 0 Å². The van der Waals surface area contributed by atoms with E-state index >= 15 is 0 Å². The van der Waals surface area contributed by atoms with Gasteiger partial charge in [0, 0.05) is 25.6 Å². The summed E-state index contributed by atoms with van der Waals surface area (Å²) in [6.45, 7) is 8.96. The van der Waals surface area contributed by atoms with E-state index in [2.05, 4.69) is 27.5 Å². The molecule has 4 aliphatic rings. The maximum Gasteiger partial charge on any atom is 0.249 e. The first kappa shape index (κ1) is 13.0. The maximum atomic E-state index is 5.92. The minimum Gasteiger partial charge on any atom is -0.475 e. The van der Waals surface area contributed by atoms with Gasteiger partial charge in [-0.05, 0) is 36.5 Å². The predicted octanol–water partition coefficient (Wildman–Crippen LogP) is 2.63. The SMILES string of the molecule is CC(C)COc1nsnc1C1C2CC3CC1CN(C3)C2.